The number of ether oxygens (including phenoxy) is 2. The molecule has 0 aliphatic carbocycles. The molecule has 0 spiro atoms. The van der Waals surface area contributed by atoms with Crippen LogP contribution in [0.2, 0.25) is 0 Å². The molecule has 3 aromatic rings. The number of thiazole rings is 1. The third-order valence-electron chi connectivity index (χ3n) is 3.42. The first-order chi connectivity index (χ1) is 11.7. The van der Waals surface area contributed by atoms with E-state index in [1.807, 2.05) is 30.3 Å². The number of carbonyl (C=O) groups excluding carboxylic acids is 1. The fraction of sp³-hybridized carbons (Fsp3) is 0.235. The number of fused-ring (bicyclic) bond motifs is 1. The number of hydrogen-bond donors (Lipinski definition) is 0. The number of rotatable bonds is 6. The highest BCUT2D eigenvalue weighted by molar-refractivity contribution is 7.17. The van der Waals surface area contributed by atoms with Crippen molar-refractivity contribution in [1.82, 2.24) is 9.38 Å². The minimum absolute atomic E-state index is 0.0762. The van der Waals surface area contributed by atoms with Gasteiger partial charge in [-0.2, -0.15) is 0 Å². The lowest BCUT2D eigenvalue weighted by atomic mass is 10.1. The topological polar surface area (TPSA) is 69.9 Å². The maximum Gasteiger partial charge on any atom is 0.345 e. The summed E-state index contributed by atoms with van der Waals surface area (Å²) in [4.78, 5) is 30.2. The van der Waals surface area contributed by atoms with Crippen LogP contribution in [0.4, 0.5) is 0 Å². The van der Waals surface area contributed by atoms with E-state index in [4.69, 9.17) is 9.47 Å². The van der Waals surface area contributed by atoms with Gasteiger partial charge in [0.25, 0.3) is 5.56 Å². The molecule has 0 bridgehead atoms. The molecule has 0 aliphatic heterocycles. The summed E-state index contributed by atoms with van der Waals surface area (Å²) < 4.78 is 11.2. The van der Waals surface area contributed by atoms with Crippen LogP contribution in [0.3, 0.4) is 0 Å². The first kappa shape index (κ1) is 16.4. The molecule has 0 saturated carbocycles. The molecule has 0 saturated heterocycles. The largest absolute Gasteiger partial charge is 0.459 e. The van der Waals surface area contributed by atoms with Gasteiger partial charge in [-0.3, -0.25) is 9.20 Å². The summed E-state index contributed by atoms with van der Waals surface area (Å²) in [5, 5.41) is 0. The van der Waals surface area contributed by atoms with E-state index in [2.05, 4.69) is 4.98 Å². The van der Waals surface area contributed by atoms with E-state index in [-0.39, 0.29) is 18.8 Å². The van der Waals surface area contributed by atoms with Crippen LogP contribution in [0.5, 0.6) is 0 Å². The van der Waals surface area contributed by atoms with Crippen LogP contribution >= 0.6 is 11.3 Å². The van der Waals surface area contributed by atoms with Gasteiger partial charge in [0, 0.05) is 24.6 Å². The lowest BCUT2D eigenvalue weighted by Crippen LogP contribution is -2.24. The monoisotopic (exact) mass is 344 g/mol. The zero-order valence-electron chi connectivity index (χ0n) is 13.1. The Balaban J connectivity index is 1.86. The predicted molar refractivity (Wildman–Crippen MR) is 90.7 cm³/mol. The molecular weight excluding hydrogens is 328 g/mol. The minimum Gasteiger partial charge on any atom is -0.459 e. The summed E-state index contributed by atoms with van der Waals surface area (Å²) in [7, 11) is 1.51. The van der Waals surface area contributed by atoms with E-state index >= 15 is 0 Å². The van der Waals surface area contributed by atoms with Crippen molar-refractivity contribution in [3.05, 3.63) is 69.1 Å². The lowest BCUT2D eigenvalue weighted by molar-refractivity contribution is 0.0385. The van der Waals surface area contributed by atoms with Crippen molar-refractivity contribution < 1.29 is 14.3 Å². The van der Waals surface area contributed by atoms with E-state index in [1.165, 1.54) is 29.0 Å². The minimum atomic E-state index is -0.685. The molecule has 0 radical (unpaired) electrons. The van der Waals surface area contributed by atoms with Gasteiger partial charge in [-0.25, -0.2) is 9.78 Å². The maximum absolute atomic E-state index is 12.5. The Hall–Kier alpha value is -2.51. The van der Waals surface area contributed by atoms with Crippen LogP contribution in [0.15, 0.2) is 47.5 Å². The highest BCUT2D eigenvalue weighted by atomic mass is 32.1. The second kappa shape index (κ2) is 7.37. The summed E-state index contributed by atoms with van der Waals surface area (Å²) in [6, 6.07) is 9.96. The van der Waals surface area contributed by atoms with Crippen LogP contribution in [0.1, 0.15) is 20.8 Å². The number of esters is 1. The molecule has 3 rings (SSSR count). The summed E-state index contributed by atoms with van der Waals surface area (Å²) in [5.74, 6) is -0.685. The number of aromatic nitrogens is 2. The van der Waals surface area contributed by atoms with Crippen molar-refractivity contribution in [2.45, 2.75) is 6.42 Å². The summed E-state index contributed by atoms with van der Waals surface area (Å²) in [6.45, 7) is 0.378. The van der Waals surface area contributed by atoms with Crippen LogP contribution in [-0.4, -0.2) is 35.7 Å². The van der Waals surface area contributed by atoms with Crippen molar-refractivity contribution in [2.24, 2.45) is 0 Å². The number of hydrogen-bond acceptors (Lipinski definition) is 6. The van der Waals surface area contributed by atoms with Gasteiger partial charge in [0.05, 0.1) is 12.8 Å². The van der Waals surface area contributed by atoms with Crippen molar-refractivity contribution >= 4 is 22.3 Å². The van der Waals surface area contributed by atoms with Gasteiger partial charge < -0.3 is 9.47 Å². The number of benzene rings is 1. The Labute approximate surface area is 142 Å². The van der Waals surface area contributed by atoms with Gasteiger partial charge in [-0.1, -0.05) is 30.3 Å². The van der Waals surface area contributed by atoms with E-state index < -0.39 is 11.5 Å². The molecule has 1 aromatic carbocycles. The first-order valence-electron chi connectivity index (χ1n) is 7.39. The Bertz CT molecular complexity index is 902. The molecule has 0 atom stereocenters. The van der Waals surface area contributed by atoms with Gasteiger partial charge in [-0.15, -0.1) is 11.3 Å². The van der Waals surface area contributed by atoms with Gasteiger partial charge in [-0.05, 0) is 5.56 Å². The molecule has 0 amide bonds. The van der Waals surface area contributed by atoms with E-state index in [1.54, 1.807) is 6.20 Å². The van der Waals surface area contributed by atoms with Crippen LogP contribution in [0.25, 0.3) is 4.96 Å². The molecule has 7 heteroatoms. The molecule has 2 heterocycles. The third-order valence-corrected chi connectivity index (χ3v) is 4.41. The van der Waals surface area contributed by atoms with E-state index in [0.29, 0.717) is 11.4 Å². The van der Waals surface area contributed by atoms with Crippen molar-refractivity contribution in [2.75, 3.05) is 20.3 Å². The zero-order valence-corrected chi connectivity index (χ0v) is 13.9. The average molecular weight is 344 g/mol. The Morgan fingerprint density at radius 3 is 2.79 bits per heavy atom. The van der Waals surface area contributed by atoms with Crippen molar-refractivity contribution in [3.8, 4) is 0 Å². The van der Waals surface area contributed by atoms with Gasteiger partial charge in [0.2, 0.25) is 0 Å². The van der Waals surface area contributed by atoms with Gasteiger partial charge >= 0.3 is 5.97 Å². The van der Waals surface area contributed by atoms with Crippen LogP contribution < -0.4 is 5.56 Å². The maximum atomic E-state index is 12.5. The molecule has 124 valence electrons. The zero-order chi connectivity index (χ0) is 16.9. The fourth-order valence-electron chi connectivity index (χ4n) is 2.25. The molecule has 24 heavy (non-hydrogen) atoms. The molecule has 0 fully saturated rings. The van der Waals surface area contributed by atoms with Crippen LogP contribution in [0, 0.1) is 0 Å². The second-order valence-electron chi connectivity index (χ2n) is 5.12. The van der Waals surface area contributed by atoms with Gasteiger partial charge in [0.1, 0.15) is 12.2 Å². The third kappa shape index (κ3) is 3.52. The Kier molecular flexibility index (Phi) is 5.02. The number of methoxy groups -OCH3 is 1. The highest BCUT2D eigenvalue weighted by Gasteiger charge is 2.16. The number of carbonyl (C=O) groups is 1. The normalized spacial score (nSPS) is 10.9. The number of nitrogens with zero attached hydrogens (tertiary/aromatic N) is 2. The molecule has 2 aromatic heterocycles. The second-order valence-corrected chi connectivity index (χ2v) is 6.21. The Morgan fingerprint density at radius 2 is 2.04 bits per heavy atom. The van der Waals surface area contributed by atoms with Crippen LogP contribution in [-0.2, 0) is 15.9 Å². The van der Waals surface area contributed by atoms with Gasteiger partial charge in [0.15, 0.2) is 4.96 Å². The fourth-order valence-corrected chi connectivity index (χ4v) is 3.22. The average Bonchev–Trinajstić information content (AvgIpc) is 3.00. The first-order valence-corrected chi connectivity index (χ1v) is 8.21. The smallest absolute Gasteiger partial charge is 0.345 e. The van der Waals surface area contributed by atoms with Crippen molar-refractivity contribution in [1.29, 1.82) is 0 Å². The summed E-state index contributed by atoms with van der Waals surface area (Å²) in [5.41, 5.74) is 0.655. The van der Waals surface area contributed by atoms with E-state index in [9.17, 15) is 9.59 Å². The predicted octanol–water partition coefficient (Wildman–Crippen LogP) is 2.15. The summed E-state index contributed by atoms with van der Waals surface area (Å²) in [6.07, 6.45) is 3.71. The quantitative estimate of drug-likeness (QED) is 0.506. The Morgan fingerprint density at radius 1 is 1.25 bits per heavy atom. The molecule has 0 aliphatic rings. The molecule has 0 N–H and O–H groups in total. The van der Waals surface area contributed by atoms with E-state index in [0.717, 1.165) is 10.4 Å². The molecule has 6 nitrogen and oxygen atoms in total. The molecule has 0 unspecified atom stereocenters. The summed E-state index contributed by atoms with van der Waals surface area (Å²) >= 11 is 1.43. The molecular formula is C17H16N2O4S. The standard InChI is InChI=1S/C17H16N2O4S/c1-22-7-8-23-16(21)14-10-18-17-19(15(14)20)11-13(24-17)9-12-5-3-2-4-6-12/h2-6,10-11H,7-9H2,1H3. The SMILES string of the molecule is COCCOC(=O)c1cnc2sc(Cc3ccccc3)cn2c1=O. The highest BCUT2D eigenvalue weighted by Crippen LogP contribution is 2.18. The van der Waals surface area contributed by atoms with Crippen molar-refractivity contribution in [3.63, 3.8) is 0 Å². The lowest BCUT2D eigenvalue weighted by Gasteiger charge is -2.03.